The Morgan fingerprint density at radius 2 is 1.58 bits per heavy atom. The van der Waals surface area contributed by atoms with Gasteiger partial charge in [-0.25, -0.2) is 0 Å². The van der Waals surface area contributed by atoms with Crippen molar-refractivity contribution in [2.24, 2.45) is 5.41 Å². The van der Waals surface area contributed by atoms with Crippen LogP contribution in [0.5, 0.6) is 0 Å². The van der Waals surface area contributed by atoms with Gasteiger partial charge in [-0.2, -0.15) is 5.26 Å². The van der Waals surface area contributed by atoms with Crippen molar-refractivity contribution in [3.05, 3.63) is 0 Å². The second-order valence-corrected chi connectivity index (χ2v) is 7.91. The summed E-state index contributed by atoms with van der Waals surface area (Å²) in [6, 6.07) is 1.86. The van der Waals surface area contributed by atoms with Gasteiger partial charge in [0.1, 0.15) is 11.7 Å². The molecule has 4 nitrogen and oxygen atoms in total. The van der Waals surface area contributed by atoms with Crippen LogP contribution in [0.3, 0.4) is 0 Å². The molecule has 0 bridgehead atoms. The van der Waals surface area contributed by atoms with Crippen molar-refractivity contribution in [1.82, 2.24) is 0 Å². The fraction of sp³-hybridized carbons (Fsp3) is 0.850. The number of aliphatic hydroxyl groups excluding tert-OH is 1. The average Bonchev–Trinajstić information content (AvgIpc) is 2.61. The summed E-state index contributed by atoms with van der Waals surface area (Å²) < 4.78 is 0. The molecule has 2 unspecified atom stereocenters. The summed E-state index contributed by atoms with van der Waals surface area (Å²) >= 11 is 7.32. The van der Waals surface area contributed by atoms with Crippen molar-refractivity contribution < 1.29 is 14.7 Å². The van der Waals surface area contributed by atoms with E-state index in [1.165, 1.54) is 64.7 Å². The maximum absolute atomic E-state index is 10.8. The molecule has 0 aliphatic heterocycles. The number of carbonyl (C=O) groups is 2. The predicted molar refractivity (Wildman–Crippen MR) is 114 cm³/mol. The van der Waals surface area contributed by atoms with Crippen molar-refractivity contribution in [3.8, 4) is 6.07 Å². The molecule has 0 aromatic rings. The first-order chi connectivity index (χ1) is 12.3. The van der Waals surface area contributed by atoms with E-state index in [-0.39, 0.29) is 6.42 Å². The largest absolute Gasteiger partial charge is 0.383 e. The van der Waals surface area contributed by atoms with Crippen LogP contribution in [0.4, 0.5) is 0 Å². The van der Waals surface area contributed by atoms with Gasteiger partial charge in [0.05, 0.1) is 11.5 Å². The number of nitriles is 1. The van der Waals surface area contributed by atoms with Crippen molar-refractivity contribution in [2.45, 2.75) is 103 Å². The van der Waals surface area contributed by atoms with Crippen LogP contribution in [-0.4, -0.2) is 21.9 Å². The number of rotatable bonds is 15. The number of unbranched alkanes of at least 4 members (excludes halogenated alkanes) is 10. The van der Waals surface area contributed by atoms with Gasteiger partial charge in [0, 0.05) is 6.42 Å². The maximum atomic E-state index is 10.8. The fourth-order valence-corrected chi connectivity index (χ4v) is 2.63. The molecule has 0 radical (unpaired) electrons. The van der Waals surface area contributed by atoms with Crippen molar-refractivity contribution in [2.75, 3.05) is 0 Å². The van der Waals surface area contributed by atoms with Crippen LogP contribution in [0.1, 0.15) is 97.3 Å². The van der Waals surface area contributed by atoms with E-state index < -0.39 is 16.0 Å². The lowest BCUT2D eigenvalue weighted by atomic mass is 9.89. The minimum absolute atomic E-state index is 0.274. The number of carbonyl (C=O) groups excluding carboxylic acids is 2. The third-order valence-electron chi connectivity index (χ3n) is 4.30. The van der Waals surface area contributed by atoms with Crippen LogP contribution >= 0.6 is 25.3 Å². The van der Waals surface area contributed by atoms with Gasteiger partial charge in [0.2, 0.25) is 5.12 Å². The minimum Gasteiger partial charge on any atom is -0.383 e. The summed E-state index contributed by atoms with van der Waals surface area (Å²) in [5.74, 6) is 0. The first kappa shape index (κ1) is 27.7. The third-order valence-corrected chi connectivity index (χ3v) is 5.05. The summed E-state index contributed by atoms with van der Waals surface area (Å²) in [5, 5.41) is 17.0. The summed E-state index contributed by atoms with van der Waals surface area (Å²) in [6.45, 7) is 3.76. The first-order valence-corrected chi connectivity index (χ1v) is 10.7. The molecule has 0 heterocycles. The summed E-state index contributed by atoms with van der Waals surface area (Å²) in [4.78, 5) is 20.9. The highest BCUT2D eigenvalue weighted by molar-refractivity contribution is 7.96. The monoisotopic (exact) mass is 403 g/mol. The summed E-state index contributed by atoms with van der Waals surface area (Å²) in [5.41, 5.74) is -1.89. The van der Waals surface area contributed by atoms with Gasteiger partial charge in [0.15, 0.2) is 0 Å². The Hall–Kier alpha value is -0.510. The van der Waals surface area contributed by atoms with Gasteiger partial charge in [0.25, 0.3) is 0 Å². The van der Waals surface area contributed by atoms with E-state index in [4.69, 9.17) is 10.4 Å². The zero-order valence-electron chi connectivity index (χ0n) is 16.5. The van der Waals surface area contributed by atoms with Gasteiger partial charge in [-0.15, -0.1) is 25.3 Å². The molecular weight excluding hydrogens is 366 g/mol. The summed E-state index contributed by atoms with van der Waals surface area (Å²) in [6.07, 6.45) is 15.8. The Morgan fingerprint density at radius 3 is 1.92 bits per heavy atom. The molecule has 0 fully saturated rings. The first-order valence-electron chi connectivity index (χ1n) is 9.78. The topological polar surface area (TPSA) is 78.2 Å². The molecule has 0 amide bonds. The van der Waals surface area contributed by atoms with Crippen LogP contribution in [-0.2, 0) is 9.59 Å². The van der Waals surface area contributed by atoms with Crippen molar-refractivity contribution in [1.29, 1.82) is 5.26 Å². The number of aliphatic hydroxyl groups is 1. The number of hydrogen-bond donors (Lipinski definition) is 3. The number of hydrogen-bond acceptors (Lipinski definition) is 5. The average molecular weight is 404 g/mol. The van der Waals surface area contributed by atoms with Gasteiger partial charge in [-0.05, 0) is 26.2 Å². The molecule has 0 rings (SSSR count). The van der Waals surface area contributed by atoms with Crippen LogP contribution < -0.4 is 0 Å². The molecule has 0 aromatic heterocycles. The molecule has 6 heteroatoms. The molecule has 0 aliphatic rings. The van der Waals surface area contributed by atoms with E-state index in [1.807, 2.05) is 6.07 Å². The van der Waals surface area contributed by atoms with Crippen LogP contribution in [0.2, 0.25) is 0 Å². The molecule has 1 N–H and O–H groups in total. The molecule has 152 valence electrons. The smallest absolute Gasteiger partial charge is 0.205 e. The third kappa shape index (κ3) is 18.3. The fourth-order valence-electron chi connectivity index (χ4n) is 2.34. The minimum atomic E-state index is -1.10. The predicted octanol–water partition coefficient (Wildman–Crippen LogP) is 5.50. The van der Waals surface area contributed by atoms with Crippen LogP contribution in [0.25, 0.3) is 0 Å². The Kier molecular flexibility index (Phi) is 20.5. The SMILES string of the molecule is CC(C#N)(CCC(O)S)C(=O)S.CCCCCCCCCCCCC=O. The highest BCUT2D eigenvalue weighted by Gasteiger charge is 2.30. The van der Waals surface area contributed by atoms with E-state index in [0.29, 0.717) is 6.42 Å². The molecule has 0 spiro atoms. The van der Waals surface area contributed by atoms with Crippen molar-refractivity contribution in [3.63, 3.8) is 0 Å². The van der Waals surface area contributed by atoms with E-state index in [9.17, 15) is 9.59 Å². The van der Waals surface area contributed by atoms with Crippen molar-refractivity contribution >= 4 is 36.7 Å². The highest BCUT2D eigenvalue weighted by Crippen LogP contribution is 2.26. The lowest BCUT2D eigenvalue weighted by Crippen LogP contribution is -2.22. The standard InChI is InChI=1S/C13H26O.C7H11NO2S2/c1-2-3-4-5-6-7-8-9-10-11-12-13-14;1-7(4-8,6(10)12)3-2-5(9)11/h13H,2-12H2,1H3;5,9,11H,2-3H2,1H3,(H,10,12). The second kappa shape index (κ2) is 19.3. The molecule has 26 heavy (non-hydrogen) atoms. The quantitative estimate of drug-likeness (QED) is 0.146. The van der Waals surface area contributed by atoms with Gasteiger partial charge in [-0.3, -0.25) is 4.79 Å². The lowest BCUT2D eigenvalue weighted by molar-refractivity contribution is -0.116. The molecule has 0 aromatic carbocycles. The highest BCUT2D eigenvalue weighted by atomic mass is 32.1. The van der Waals surface area contributed by atoms with Gasteiger partial charge < -0.3 is 9.90 Å². The van der Waals surface area contributed by atoms with Crippen LogP contribution in [0.15, 0.2) is 0 Å². The van der Waals surface area contributed by atoms with E-state index in [0.717, 1.165) is 19.1 Å². The maximum Gasteiger partial charge on any atom is 0.205 e. The Bertz CT molecular complexity index is 397. The molecule has 0 aliphatic carbocycles. The second-order valence-electron chi connectivity index (χ2n) is 6.91. The Balaban J connectivity index is 0. The molecule has 0 saturated carbocycles. The molecule has 0 saturated heterocycles. The van der Waals surface area contributed by atoms with Crippen LogP contribution in [0, 0.1) is 16.7 Å². The van der Waals surface area contributed by atoms with E-state index in [1.54, 1.807) is 0 Å². The van der Waals surface area contributed by atoms with E-state index in [2.05, 4.69) is 32.2 Å². The Labute approximate surface area is 170 Å². The zero-order valence-corrected chi connectivity index (χ0v) is 18.2. The lowest BCUT2D eigenvalue weighted by Gasteiger charge is -2.17. The Morgan fingerprint density at radius 1 is 1.12 bits per heavy atom. The molecular formula is C20H37NO3S2. The van der Waals surface area contributed by atoms with Gasteiger partial charge >= 0.3 is 0 Å². The van der Waals surface area contributed by atoms with Gasteiger partial charge in [-0.1, -0.05) is 64.7 Å². The number of aldehydes is 1. The number of thiol groups is 2. The zero-order chi connectivity index (χ0) is 20.3. The number of nitrogens with zero attached hydrogens (tertiary/aromatic N) is 1. The normalized spacial score (nSPS) is 13.7. The van der Waals surface area contributed by atoms with E-state index >= 15 is 0 Å². The molecule has 2 atom stereocenters. The summed E-state index contributed by atoms with van der Waals surface area (Å²) in [7, 11) is 0.